The van der Waals surface area contributed by atoms with E-state index in [1.807, 2.05) is 6.07 Å². The van der Waals surface area contributed by atoms with E-state index in [-0.39, 0.29) is 19.4 Å². The van der Waals surface area contributed by atoms with Gasteiger partial charge in [0.15, 0.2) is 0 Å². The topological polar surface area (TPSA) is 119 Å². The van der Waals surface area contributed by atoms with Gasteiger partial charge in [0.1, 0.15) is 12.6 Å². The molecule has 0 saturated carbocycles. The largest absolute Gasteiger partial charge is 0.481 e. The van der Waals surface area contributed by atoms with Crippen LogP contribution in [0.4, 0.5) is 4.79 Å². The van der Waals surface area contributed by atoms with Crippen LogP contribution < -0.4 is 11.1 Å². The molecular weight excluding hydrogens is 264 g/mol. The van der Waals surface area contributed by atoms with E-state index < -0.39 is 24.0 Å². The van der Waals surface area contributed by atoms with Gasteiger partial charge in [0, 0.05) is 6.42 Å². The first kappa shape index (κ1) is 15.5. The highest BCUT2D eigenvalue weighted by molar-refractivity contribution is 5.84. The zero-order chi connectivity index (χ0) is 15.0. The van der Waals surface area contributed by atoms with Gasteiger partial charge in [-0.05, 0) is 12.0 Å². The Morgan fingerprint density at radius 3 is 2.45 bits per heavy atom. The van der Waals surface area contributed by atoms with Crippen molar-refractivity contribution in [3.05, 3.63) is 35.9 Å². The molecule has 0 saturated heterocycles. The molecule has 1 aromatic rings. The van der Waals surface area contributed by atoms with Crippen LogP contribution in [0, 0.1) is 0 Å². The molecular formula is C13H16N2O5. The fourth-order valence-electron chi connectivity index (χ4n) is 1.46. The highest BCUT2D eigenvalue weighted by Crippen LogP contribution is 2.02. The lowest BCUT2D eigenvalue weighted by Gasteiger charge is -2.14. The normalized spacial score (nSPS) is 11.4. The minimum atomic E-state index is -1.07. The highest BCUT2D eigenvalue weighted by atomic mass is 16.5. The van der Waals surface area contributed by atoms with Crippen LogP contribution in [0.2, 0.25) is 0 Å². The highest BCUT2D eigenvalue weighted by Gasteiger charge is 2.19. The average molecular weight is 280 g/mol. The molecule has 0 aliphatic carbocycles. The van der Waals surface area contributed by atoms with Gasteiger partial charge in [0.2, 0.25) is 5.91 Å². The first-order chi connectivity index (χ1) is 9.49. The van der Waals surface area contributed by atoms with Crippen LogP contribution in [0.25, 0.3) is 0 Å². The van der Waals surface area contributed by atoms with Crippen molar-refractivity contribution in [2.75, 3.05) is 0 Å². The second-order valence-electron chi connectivity index (χ2n) is 4.09. The number of carboxylic acid groups (broad SMARTS) is 1. The first-order valence-electron chi connectivity index (χ1n) is 5.97. The van der Waals surface area contributed by atoms with E-state index >= 15 is 0 Å². The SMILES string of the molecule is NC(=O)[C@@H](CCC(=O)O)NC(=O)OCc1ccccc1. The third kappa shape index (κ3) is 5.85. The maximum absolute atomic E-state index is 11.5. The minimum absolute atomic E-state index is 0.0527. The number of amides is 2. The molecule has 0 heterocycles. The van der Waals surface area contributed by atoms with E-state index in [0.29, 0.717) is 0 Å². The molecule has 4 N–H and O–H groups in total. The van der Waals surface area contributed by atoms with Crippen molar-refractivity contribution in [2.24, 2.45) is 5.73 Å². The van der Waals surface area contributed by atoms with Crippen LogP contribution >= 0.6 is 0 Å². The standard InChI is InChI=1S/C13H16N2O5/c14-12(18)10(6-7-11(16)17)15-13(19)20-8-9-4-2-1-3-5-9/h1-5,10H,6-8H2,(H2,14,18)(H,15,19)(H,16,17)/t10-/m1/s1. The van der Waals surface area contributed by atoms with Crippen molar-refractivity contribution in [1.82, 2.24) is 5.32 Å². The number of rotatable bonds is 7. The summed E-state index contributed by atoms with van der Waals surface area (Å²) in [5, 5.41) is 10.8. The fraction of sp³-hybridized carbons (Fsp3) is 0.308. The Bertz CT molecular complexity index is 475. The Morgan fingerprint density at radius 2 is 1.90 bits per heavy atom. The summed E-state index contributed by atoms with van der Waals surface area (Å²) in [6, 6.07) is 7.94. The van der Waals surface area contributed by atoms with Crippen LogP contribution in [0.3, 0.4) is 0 Å². The van der Waals surface area contributed by atoms with Gasteiger partial charge >= 0.3 is 12.1 Å². The van der Waals surface area contributed by atoms with E-state index in [2.05, 4.69) is 5.32 Å². The summed E-state index contributed by atoms with van der Waals surface area (Å²) in [6.45, 7) is 0.0527. The Kier molecular flexibility index (Phi) is 6.02. The Labute approximate surface area is 115 Å². The second-order valence-corrected chi connectivity index (χ2v) is 4.09. The molecule has 1 rings (SSSR count). The van der Waals surface area contributed by atoms with E-state index in [9.17, 15) is 14.4 Å². The average Bonchev–Trinajstić information content (AvgIpc) is 2.41. The molecule has 0 bridgehead atoms. The molecule has 0 aliphatic heterocycles. The molecule has 0 unspecified atom stereocenters. The summed E-state index contributed by atoms with van der Waals surface area (Å²) >= 11 is 0. The van der Waals surface area contributed by atoms with E-state index in [1.165, 1.54) is 0 Å². The quantitative estimate of drug-likeness (QED) is 0.677. The number of carboxylic acids is 1. The van der Waals surface area contributed by atoms with Crippen LogP contribution in [0.1, 0.15) is 18.4 Å². The molecule has 1 atom stereocenters. The van der Waals surface area contributed by atoms with Crippen molar-refractivity contribution < 1.29 is 24.2 Å². The van der Waals surface area contributed by atoms with Crippen LogP contribution in [-0.4, -0.2) is 29.1 Å². The van der Waals surface area contributed by atoms with E-state index in [0.717, 1.165) is 5.56 Å². The summed E-state index contributed by atoms with van der Waals surface area (Å²) in [4.78, 5) is 33.0. The van der Waals surface area contributed by atoms with Crippen molar-refractivity contribution in [1.29, 1.82) is 0 Å². The molecule has 0 fully saturated rings. The van der Waals surface area contributed by atoms with E-state index in [1.54, 1.807) is 24.3 Å². The number of benzene rings is 1. The van der Waals surface area contributed by atoms with Gasteiger partial charge in [-0.3, -0.25) is 9.59 Å². The van der Waals surface area contributed by atoms with Gasteiger partial charge in [0.25, 0.3) is 0 Å². The lowest BCUT2D eigenvalue weighted by Crippen LogP contribution is -2.44. The number of alkyl carbamates (subject to hydrolysis) is 1. The molecule has 7 heteroatoms. The summed E-state index contributed by atoms with van der Waals surface area (Å²) in [7, 11) is 0. The predicted octanol–water partition coefficient (Wildman–Crippen LogP) is 0.631. The van der Waals surface area contributed by atoms with E-state index in [4.69, 9.17) is 15.6 Å². The van der Waals surface area contributed by atoms with Gasteiger partial charge in [-0.15, -0.1) is 0 Å². The van der Waals surface area contributed by atoms with Crippen molar-refractivity contribution in [3.8, 4) is 0 Å². The van der Waals surface area contributed by atoms with Crippen LogP contribution in [0.15, 0.2) is 30.3 Å². The van der Waals surface area contributed by atoms with Gasteiger partial charge in [-0.25, -0.2) is 4.79 Å². The third-order valence-corrected chi connectivity index (χ3v) is 2.50. The number of primary amides is 1. The molecule has 0 aromatic heterocycles. The summed E-state index contributed by atoms with van der Waals surface area (Å²) in [5.41, 5.74) is 5.87. The van der Waals surface area contributed by atoms with Gasteiger partial charge < -0.3 is 20.9 Å². The number of nitrogens with one attached hydrogen (secondary N) is 1. The monoisotopic (exact) mass is 280 g/mol. The fourth-order valence-corrected chi connectivity index (χ4v) is 1.46. The molecule has 2 amide bonds. The zero-order valence-electron chi connectivity index (χ0n) is 10.7. The van der Waals surface area contributed by atoms with Gasteiger partial charge in [0.05, 0.1) is 0 Å². The number of hydrogen-bond acceptors (Lipinski definition) is 4. The minimum Gasteiger partial charge on any atom is -0.481 e. The maximum atomic E-state index is 11.5. The van der Waals surface area contributed by atoms with Crippen molar-refractivity contribution >= 4 is 18.0 Å². The molecule has 0 aliphatic rings. The maximum Gasteiger partial charge on any atom is 0.408 e. The molecule has 7 nitrogen and oxygen atoms in total. The Balaban J connectivity index is 2.41. The molecule has 0 spiro atoms. The number of carbonyl (C=O) groups excluding carboxylic acids is 2. The smallest absolute Gasteiger partial charge is 0.408 e. The second kappa shape index (κ2) is 7.78. The lowest BCUT2D eigenvalue weighted by atomic mass is 10.1. The third-order valence-electron chi connectivity index (χ3n) is 2.50. The van der Waals surface area contributed by atoms with Crippen molar-refractivity contribution in [3.63, 3.8) is 0 Å². The molecule has 1 aromatic carbocycles. The van der Waals surface area contributed by atoms with Crippen molar-refractivity contribution in [2.45, 2.75) is 25.5 Å². The first-order valence-corrected chi connectivity index (χ1v) is 5.97. The predicted molar refractivity (Wildman–Crippen MR) is 69.6 cm³/mol. The van der Waals surface area contributed by atoms with Gasteiger partial charge in [-0.1, -0.05) is 30.3 Å². The van der Waals surface area contributed by atoms with Crippen LogP contribution in [0.5, 0.6) is 0 Å². The lowest BCUT2D eigenvalue weighted by molar-refractivity contribution is -0.137. The number of aliphatic carboxylic acids is 1. The molecule has 0 radical (unpaired) electrons. The summed E-state index contributed by atoms with van der Waals surface area (Å²) in [5.74, 6) is -1.88. The summed E-state index contributed by atoms with van der Waals surface area (Å²) < 4.78 is 4.91. The van der Waals surface area contributed by atoms with Gasteiger partial charge in [-0.2, -0.15) is 0 Å². The number of carbonyl (C=O) groups is 3. The summed E-state index contributed by atoms with van der Waals surface area (Å²) in [6.07, 6.45) is -1.17. The molecule has 108 valence electrons. The molecule has 20 heavy (non-hydrogen) atoms. The Hall–Kier alpha value is -2.57. The number of hydrogen-bond donors (Lipinski definition) is 3. The Morgan fingerprint density at radius 1 is 1.25 bits per heavy atom. The number of ether oxygens (including phenoxy) is 1. The van der Waals surface area contributed by atoms with Crippen LogP contribution in [-0.2, 0) is 20.9 Å². The zero-order valence-corrected chi connectivity index (χ0v) is 10.7. The number of nitrogens with two attached hydrogens (primary N) is 1.